The van der Waals surface area contributed by atoms with Crippen LogP contribution < -0.4 is 10.5 Å². The fourth-order valence-corrected chi connectivity index (χ4v) is 3.12. The van der Waals surface area contributed by atoms with Crippen molar-refractivity contribution in [2.45, 2.75) is 38.1 Å². The molecule has 0 spiro atoms. The van der Waals surface area contributed by atoms with Crippen LogP contribution in [0.15, 0.2) is 17.0 Å². The Morgan fingerprint density at radius 2 is 1.82 bits per heavy atom. The fraction of sp³-hybridized carbons (Fsp3) is 0.455. The molecule has 0 aliphatic heterocycles. The first kappa shape index (κ1) is 13.9. The summed E-state index contributed by atoms with van der Waals surface area (Å²) in [5, 5.41) is 0. The predicted octanol–water partition coefficient (Wildman–Crippen LogP) is 1.79. The van der Waals surface area contributed by atoms with E-state index in [4.69, 9.17) is 5.73 Å². The molecular formula is C11H17FN2O2S. The van der Waals surface area contributed by atoms with Crippen LogP contribution in [0.5, 0.6) is 0 Å². The maximum Gasteiger partial charge on any atom is 0.241 e. The van der Waals surface area contributed by atoms with E-state index in [2.05, 4.69) is 4.72 Å². The number of nitrogens with one attached hydrogen (secondary N) is 1. The average molecular weight is 260 g/mol. The van der Waals surface area contributed by atoms with Gasteiger partial charge in [-0.15, -0.1) is 0 Å². The van der Waals surface area contributed by atoms with Crippen LogP contribution in [-0.4, -0.2) is 14.0 Å². The summed E-state index contributed by atoms with van der Waals surface area (Å²) in [5.41, 5.74) is 4.98. The van der Waals surface area contributed by atoms with Gasteiger partial charge in [-0.25, -0.2) is 17.5 Å². The molecule has 0 unspecified atom stereocenters. The zero-order valence-electron chi connectivity index (χ0n) is 10.3. The number of nitrogens with two attached hydrogens (primary N) is 1. The maximum absolute atomic E-state index is 13.4. The topological polar surface area (TPSA) is 72.2 Å². The van der Waals surface area contributed by atoms with Gasteiger partial charge in [-0.3, -0.25) is 0 Å². The lowest BCUT2D eigenvalue weighted by Crippen LogP contribution is -2.40. The van der Waals surface area contributed by atoms with Gasteiger partial charge in [0.2, 0.25) is 10.0 Å². The van der Waals surface area contributed by atoms with Gasteiger partial charge < -0.3 is 5.73 Å². The number of nitrogen functional groups attached to an aromatic ring is 1. The molecule has 0 fully saturated rings. The van der Waals surface area contributed by atoms with Crippen LogP contribution in [0, 0.1) is 12.7 Å². The average Bonchev–Trinajstić information content (AvgIpc) is 2.06. The van der Waals surface area contributed by atoms with Crippen LogP contribution in [-0.2, 0) is 10.0 Å². The summed E-state index contributed by atoms with van der Waals surface area (Å²) in [5.74, 6) is -0.626. The summed E-state index contributed by atoms with van der Waals surface area (Å²) in [7, 11) is -3.76. The van der Waals surface area contributed by atoms with Crippen molar-refractivity contribution in [3.8, 4) is 0 Å². The fourth-order valence-electron chi connectivity index (χ4n) is 1.41. The van der Waals surface area contributed by atoms with Gasteiger partial charge in [0.15, 0.2) is 0 Å². The first-order chi connectivity index (χ1) is 7.53. The molecule has 0 heterocycles. The van der Waals surface area contributed by atoms with Crippen molar-refractivity contribution < 1.29 is 12.8 Å². The molecule has 0 aliphatic rings. The van der Waals surface area contributed by atoms with Crippen molar-refractivity contribution in [1.29, 1.82) is 0 Å². The van der Waals surface area contributed by atoms with Crippen molar-refractivity contribution in [2.75, 3.05) is 5.73 Å². The molecular weight excluding hydrogens is 243 g/mol. The molecule has 0 bridgehead atoms. The molecule has 0 saturated heterocycles. The summed E-state index contributed by atoms with van der Waals surface area (Å²) in [6.07, 6.45) is 0. The van der Waals surface area contributed by atoms with Crippen LogP contribution >= 0.6 is 0 Å². The van der Waals surface area contributed by atoms with Gasteiger partial charge in [-0.1, -0.05) is 0 Å². The second-order valence-electron chi connectivity index (χ2n) is 4.98. The number of sulfonamides is 1. The second-order valence-corrected chi connectivity index (χ2v) is 6.63. The van der Waals surface area contributed by atoms with E-state index in [0.29, 0.717) is 0 Å². The third-order valence-corrected chi connectivity index (χ3v) is 3.93. The van der Waals surface area contributed by atoms with Crippen molar-refractivity contribution in [1.82, 2.24) is 4.72 Å². The second kappa shape index (κ2) is 4.27. The van der Waals surface area contributed by atoms with Crippen molar-refractivity contribution in [2.24, 2.45) is 0 Å². The zero-order chi connectivity index (χ0) is 13.4. The minimum Gasteiger partial charge on any atom is -0.399 e. The molecule has 0 saturated carbocycles. The Kier molecular flexibility index (Phi) is 3.50. The molecule has 0 atom stereocenters. The smallest absolute Gasteiger partial charge is 0.241 e. The normalized spacial score (nSPS) is 12.8. The number of rotatable bonds is 2. The Bertz CT molecular complexity index is 533. The summed E-state index contributed by atoms with van der Waals surface area (Å²) in [6, 6.07) is 2.36. The summed E-state index contributed by atoms with van der Waals surface area (Å²) in [6.45, 7) is 6.54. The Hall–Kier alpha value is -1.14. The van der Waals surface area contributed by atoms with E-state index in [1.54, 1.807) is 20.8 Å². The van der Waals surface area contributed by atoms with Gasteiger partial charge in [0.1, 0.15) is 5.82 Å². The molecule has 1 aromatic rings. The molecule has 96 valence electrons. The molecule has 1 rings (SSSR count). The lowest BCUT2D eigenvalue weighted by molar-refractivity contribution is 0.490. The molecule has 1 aromatic carbocycles. The summed E-state index contributed by atoms with van der Waals surface area (Å²) < 4.78 is 40.0. The van der Waals surface area contributed by atoms with Crippen LogP contribution in [0.2, 0.25) is 0 Å². The Morgan fingerprint density at radius 1 is 1.29 bits per heavy atom. The van der Waals surface area contributed by atoms with Gasteiger partial charge in [0, 0.05) is 16.8 Å². The minimum absolute atomic E-state index is 0.0657. The van der Waals surface area contributed by atoms with Crippen molar-refractivity contribution in [3.05, 3.63) is 23.5 Å². The monoisotopic (exact) mass is 260 g/mol. The highest BCUT2D eigenvalue weighted by Crippen LogP contribution is 2.22. The largest absolute Gasteiger partial charge is 0.399 e. The summed E-state index contributed by atoms with van der Waals surface area (Å²) in [4.78, 5) is -0.120. The Balaban J connectivity index is 3.34. The first-order valence-corrected chi connectivity index (χ1v) is 6.61. The summed E-state index contributed by atoms with van der Waals surface area (Å²) >= 11 is 0. The SMILES string of the molecule is Cc1c(F)cc(N)cc1S(=O)(=O)NC(C)(C)C. The minimum atomic E-state index is -3.76. The Morgan fingerprint density at radius 3 is 2.29 bits per heavy atom. The third-order valence-electron chi connectivity index (χ3n) is 2.05. The van der Waals surface area contributed by atoms with E-state index >= 15 is 0 Å². The third kappa shape index (κ3) is 3.41. The zero-order valence-corrected chi connectivity index (χ0v) is 11.2. The number of hydrogen-bond donors (Lipinski definition) is 2. The maximum atomic E-state index is 13.4. The quantitative estimate of drug-likeness (QED) is 0.796. The highest BCUT2D eigenvalue weighted by molar-refractivity contribution is 7.89. The van der Waals surface area contributed by atoms with Crippen molar-refractivity contribution in [3.63, 3.8) is 0 Å². The standard InChI is InChI=1S/C11H17FN2O2S/c1-7-9(12)5-8(13)6-10(7)17(15,16)14-11(2,3)4/h5-6,14H,13H2,1-4H3. The molecule has 17 heavy (non-hydrogen) atoms. The van der Waals surface area contributed by atoms with Gasteiger partial charge in [-0.2, -0.15) is 0 Å². The van der Waals surface area contributed by atoms with E-state index in [1.807, 2.05) is 0 Å². The van der Waals surface area contributed by atoms with Gasteiger partial charge in [0.25, 0.3) is 0 Å². The van der Waals surface area contributed by atoms with E-state index in [1.165, 1.54) is 13.0 Å². The van der Waals surface area contributed by atoms with Gasteiger partial charge in [0.05, 0.1) is 4.90 Å². The molecule has 0 amide bonds. The van der Waals surface area contributed by atoms with E-state index < -0.39 is 21.4 Å². The highest BCUT2D eigenvalue weighted by Gasteiger charge is 2.25. The first-order valence-electron chi connectivity index (χ1n) is 5.12. The highest BCUT2D eigenvalue weighted by atomic mass is 32.2. The van der Waals surface area contributed by atoms with Crippen LogP contribution in [0.1, 0.15) is 26.3 Å². The molecule has 6 heteroatoms. The van der Waals surface area contributed by atoms with Crippen LogP contribution in [0.3, 0.4) is 0 Å². The predicted molar refractivity (Wildman–Crippen MR) is 65.6 cm³/mol. The number of benzene rings is 1. The van der Waals surface area contributed by atoms with E-state index in [-0.39, 0.29) is 16.1 Å². The van der Waals surface area contributed by atoms with Gasteiger partial charge >= 0.3 is 0 Å². The molecule has 4 nitrogen and oxygen atoms in total. The number of halogens is 1. The lowest BCUT2D eigenvalue weighted by atomic mass is 10.1. The van der Waals surface area contributed by atoms with E-state index in [9.17, 15) is 12.8 Å². The lowest BCUT2D eigenvalue weighted by Gasteiger charge is -2.21. The van der Waals surface area contributed by atoms with Crippen molar-refractivity contribution >= 4 is 15.7 Å². The van der Waals surface area contributed by atoms with Crippen LogP contribution in [0.25, 0.3) is 0 Å². The van der Waals surface area contributed by atoms with Crippen LogP contribution in [0.4, 0.5) is 10.1 Å². The molecule has 0 aromatic heterocycles. The number of hydrogen-bond acceptors (Lipinski definition) is 3. The van der Waals surface area contributed by atoms with E-state index in [0.717, 1.165) is 6.07 Å². The Labute approximate surface area is 101 Å². The molecule has 0 radical (unpaired) electrons. The molecule has 0 aliphatic carbocycles. The van der Waals surface area contributed by atoms with Gasteiger partial charge in [-0.05, 0) is 39.8 Å². The number of anilines is 1. The molecule has 3 N–H and O–H groups in total.